The van der Waals surface area contributed by atoms with Crippen molar-refractivity contribution in [1.29, 1.82) is 0 Å². The minimum Gasteiger partial charge on any atom is -0.481 e. The largest absolute Gasteiger partial charge is 0.481 e. The molecule has 2 aliphatic heterocycles. The average Bonchev–Trinajstić information content (AvgIpc) is 1.53. The first-order chi connectivity index (χ1) is 40.3. The highest BCUT2D eigenvalue weighted by Crippen LogP contribution is 2.38. The normalized spacial score (nSPS) is 36.7. The topological polar surface area (TPSA) is 415 Å². The number of carbonyl (C=O) groups excluding carboxylic acids is 3. The van der Waals surface area contributed by atoms with Gasteiger partial charge in [0.25, 0.3) is 0 Å². The maximum Gasteiger partial charge on any atom is 0.317 e. The van der Waals surface area contributed by atoms with Gasteiger partial charge in [-0.1, -0.05) is 91.3 Å². The van der Waals surface area contributed by atoms with Gasteiger partial charge in [0.15, 0.2) is 11.7 Å². The number of carboxylic acid groups (broad SMARTS) is 2. The van der Waals surface area contributed by atoms with Crippen molar-refractivity contribution in [3.63, 3.8) is 0 Å². The summed E-state index contributed by atoms with van der Waals surface area (Å²) in [6.07, 6.45) is -5.63. The standard InChI is InChI=1S/C62H107N3O21/c1-35(18-14-12-10-11-13-17-25-65-61(63)64-9)26-39(5)58-38(4)19-15-16-20-46(67)40(6)50(71)28-43(66)27-44(83-56(78)32-54(74)75)29-45-30-53(84-57(79)33-55(76)77)59(80)62(82,86-45)34-52(73)37(3)22-23-47(68)41(7)51(72)31-49(70)36(2)21-24-48(69)42(8)60(81)85-58/h10-11,15-16,19-20,35-53,58-59,66-73,80,82H,12-14,17-18,21-34H2,1-9H3,(H,74,75)(H,76,77)(H3,63,64,65)/b11-10+,19-15+,20-16+/t35-,36+,37-,38+,39-,40-,41-,42+,43-,44+,45-,46+,47-,48-,49+,50+,51-,52-,53+,58+,59-,62+/m0/s1. The lowest BCUT2D eigenvalue weighted by molar-refractivity contribution is -0.334. The highest BCUT2D eigenvalue weighted by molar-refractivity contribution is 5.90. The van der Waals surface area contributed by atoms with Gasteiger partial charge in [-0.15, -0.1) is 0 Å². The molecule has 0 aliphatic carbocycles. The second kappa shape index (κ2) is 39.4. The fourth-order valence-electron chi connectivity index (χ4n) is 11.1. The van der Waals surface area contributed by atoms with Gasteiger partial charge in [-0.05, 0) is 101 Å². The number of hydrogen-bond donors (Lipinski definition) is 14. The summed E-state index contributed by atoms with van der Waals surface area (Å²) in [5.41, 5.74) is 5.69. The van der Waals surface area contributed by atoms with Crippen molar-refractivity contribution in [2.75, 3.05) is 13.6 Å². The molecule has 0 radical (unpaired) electrons. The highest BCUT2D eigenvalue weighted by Gasteiger charge is 2.52. The van der Waals surface area contributed by atoms with E-state index in [-0.39, 0.29) is 49.9 Å². The van der Waals surface area contributed by atoms with Crippen molar-refractivity contribution in [2.45, 2.75) is 256 Å². The van der Waals surface area contributed by atoms with Crippen molar-refractivity contribution in [1.82, 2.24) is 5.32 Å². The van der Waals surface area contributed by atoms with Crippen LogP contribution in [0.5, 0.6) is 0 Å². The Morgan fingerprint density at radius 2 is 1.29 bits per heavy atom. The van der Waals surface area contributed by atoms with Gasteiger partial charge < -0.3 is 91.3 Å². The van der Waals surface area contributed by atoms with Gasteiger partial charge in [0, 0.05) is 57.0 Å². The first-order valence-electron chi connectivity index (χ1n) is 30.8. The van der Waals surface area contributed by atoms with E-state index in [1.807, 2.05) is 19.9 Å². The Kier molecular flexibility index (Phi) is 35.5. The number of ether oxygens (including phenoxy) is 4. The number of aliphatic hydroxyl groups is 10. The molecule has 2 bridgehead atoms. The summed E-state index contributed by atoms with van der Waals surface area (Å²) in [4.78, 5) is 66.1. The van der Waals surface area contributed by atoms with Crippen LogP contribution in [0.15, 0.2) is 41.4 Å². The molecule has 2 heterocycles. The summed E-state index contributed by atoms with van der Waals surface area (Å²) in [7, 11) is 1.63. The first kappa shape index (κ1) is 77.5. The predicted octanol–water partition coefficient (Wildman–Crippen LogP) is 3.55. The van der Waals surface area contributed by atoms with Crippen LogP contribution in [0.1, 0.15) is 171 Å². The molecule has 0 aromatic heterocycles. The van der Waals surface area contributed by atoms with Crippen LogP contribution >= 0.6 is 0 Å². The fourth-order valence-corrected chi connectivity index (χ4v) is 11.1. The number of rotatable bonds is 17. The van der Waals surface area contributed by atoms with Gasteiger partial charge in [-0.3, -0.25) is 29.0 Å². The molecular weight excluding hydrogens is 1120 g/mol. The lowest BCUT2D eigenvalue weighted by Gasteiger charge is -2.46. The van der Waals surface area contributed by atoms with Crippen LogP contribution in [0.2, 0.25) is 0 Å². The Bertz CT molecular complexity index is 2150. The molecule has 86 heavy (non-hydrogen) atoms. The van der Waals surface area contributed by atoms with Gasteiger partial charge in [0.05, 0.1) is 60.9 Å². The molecule has 0 aromatic rings. The molecule has 15 N–H and O–H groups in total. The Morgan fingerprint density at radius 3 is 1.91 bits per heavy atom. The molecule has 0 unspecified atom stereocenters. The molecule has 0 spiro atoms. The predicted molar refractivity (Wildman–Crippen MR) is 318 cm³/mol. The Morgan fingerprint density at radius 1 is 0.721 bits per heavy atom. The van der Waals surface area contributed by atoms with Crippen molar-refractivity contribution in [3.8, 4) is 0 Å². The zero-order valence-corrected chi connectivity index (χ0v) is 52.1. The third kappa shape index (κ3) is 28.7. The van der Waals surface area contributed by atoms with Crippen LogP contribution in [0.3, 0.4) is 0 Å². The molecule has 0 amide bonds. The maximum absolute atomic E-state index is 13.9. The zero-order valence-electron chi connectivity index (χ0n) is 52.1. The minimum absolute atomic E-state index is 0.00903. The molecule has 1 saturated heterocycles. The van der Waals surface area contributed by atoms with E-state index in [0.29, 0.717) is 5.96 Å². The van der Waals surface area contributed by atoms with Crippen LogP contribution in [0.25, 0.3) is 0 Å². The summed E-state index contributed by atoms with van der Waals surface area (Å²) >= 11 is 0. The Hall–Kier alpha value is -4.60. The molecule has 0 aromatic carbocycles. The summed E-state index contributed by atoms with van der Waals surface area (Å²) in [5.74, 6) is -12.6. The Labute approximate surface area is 507 Å². The van der Waals surface area contributed by atoms with Gasteiger partial charge in [0.2, 0.25) is 0 Å². The number of carbonyl (C=O) groups is 5. The number of carboxylic acids is 2. The number of esters is 3. The summed E-state index contributed by atoms with van der Waals surface area (Å²) in [5, 5.41) is 135. The van der Waals surface area contributed by atoms with Crippen LogP contribution in [0.4, 0.5) is 0 Å². The number of aliphatic carboxylic acids is 2. The molecule has 2 aliphatic rings. The van der Waals surface area contributed by atoms with Crippen LogP contribution < -0.4 is 11.1 Å². The monoisotopic (exact) mass is 1230 g/mol. The summed E-state index contributed by atoms with van der Waals surface area (Å²) < 4.78 is 23.0. The fraction of sp³-hybridized carbons (Fsp3) is 0.806. The minimum atomic E-state index is -2.73. The van der Waals surface area contributed by atoms with Crippen molar-refractivity contribution >= 4 is 35.8 Å². The number of hydrogen-bond acceptors (Lipinski definition) is 20. The maximum atomic E-state index is 13.9. The lowest BCUT2D eigenvalue weighted by atomic mass is 9.83. The number of nitrogens with zero attached hydrogens (tertiary/aromatic N) is 1. The molecule has 24 nitrogen and oxygen atoms in total. The third-order valence-electron chi connectivity index (χ3n) is 17.1. The van der Waals surface area contributed by atoms with E-state index < -0.39 is 190 Å². The van der Waals surface area contributed by atoms with Crippen molar-refractivity contribution in [2.24, 2.45) is 58.1 Å². The van der Waals surface area contributed by atoms with E-state index in [1.54, 1.807) is 46.9 Å². The van der Waals surface area contributed by atoms with Gasteiger partial charge in [-0.2, -0.15) is 0 Å². The second-order valence-corrected chi connectivity index (χ2v) is 24.8. The number of aliphatic imine (C=N–C) groups is 1. The Balaban J connectivity index is 2.51. The number of nitrogens with two attached hydrogens (primary N) is 1. The third-order valence-corrected chi connectivity index (χ3v) is 17.1. The van der Waals surface area contributed by atoms with E-state index in [2.05, 4.69) is 29.4 Å². The molecule has 0 saturated carbocycles. The van der Waals surface area contributed by atoms with Gasteiger partial charge >= 0.3 is 29.8 Å². The summed E-state index contributed by atoms with van der Waals surface area (Å²) in [6, 6.07) is 0. The van der Waals surface area contributed by atoms with Gasteiger partial charge in [0.1, 0.15) is 37.3 Å². The van der Waals surface area contributed by atoms with Crippen LogP contribution in [0, 0.1) is 47.3 Å². The number of nitrogens with one attached hydrogen (secondary N) is 1. The quantitative estimate of drug-likeness (QED) is 0.0188. The molecule has 1 fully saturated rings. The number of aliphatic hydroxyl groups excluding tert-OH is 9. The van der Waals surface area contributed by atoms with Crippen molar-refractivity contribution in [3.05, 3.63) is 36.5 Å². The highest BCUT2D eigenvalue weighted by atomic mass is 16.7. The van der Waals surface area contributed by atoms with E-state index in [0.717, 1.165) is 45.1 Å². The second-order valence-electron chi connectivity index (χ2n) is 24.8. The van der Waals surface area contributed by atoms with E-state index in [4.69, 9.17) is 24.7 Å². The average molecular weight is 1230 g/mol. The first-order valence-corrected chi connectivity index (χ1v) is 30.8. The number of fused-ring (bicyclic) bond motifs is 2. The van der Waals surface area contributed by atoms with Crippen molar-refractivity contribution < 1.29 is 104 Å². The molecule has 24 heteroatoms. The van der Waals surface area contributed by atoms with E-state index >= 15 is 0 Å². The number of allylic oxidation sites excluding steroid dienone is 4. The lowest BCUT2D eigenvalue weighted by Crippen LogP contribution is -2.60. The zero-order chi connectivity index (χ0) is 65.0. The van der Waals surface area contributed by atoms with E-state index in [9.17, 15) is 85.3 Å². The molecule has 22 atom stereocenters. The van der Waals surface area contributed by atoms with Crippen LogP contribution in [-0.2, 0) is 42.9 Å². The SMILES string of the molecule is CN=C(N)NCCC/C=C/CCC[C@H](C)C[C@H](C)[C@@H]1OC(=O)[C@H](C)[C@@H](O)CC[C@@H](C)[C@H](O)C[C@H](O)[C@@H](C)[C@@H](O)CC[C@H](C)[C@@H](O)C[C@@]2(O)O[C@@H](C[C@H](OC(=O)CC(=O)O)C[C@H](O)C[C@@H](O)[C@@H](C)[C@H](O)/C=C/C=C/[C@H]1C)C[C@@H](OC(=O)CC(=O)O)[C@@H]2O. The molecule has 2 rings (SSSR count). The number of cyclic esters (lactones) is 1. The summed E-state index contributed by atoms with van der Waals surface area (Å²) in [6.45, 7) is 14.8. The number of guanidine groups is 1. The smallest absolute Gasteiger partial charge is 0.317 e. The van der Waals surface area contributed by atoms with E-state index in [1.165, 1.54) is 13.0 Å². The van der Waals surface area contributed by atoms with Gasteiger partial charge in [-0.25, -0.2) is 0 Å². The van der Waals surface area contributed by atoms with Crippen LogP contribution in [-0.4, -0.2) is 196 Å². The molecule has 496 valence electrons. The number of unbranched alkanes of at least 4 members (excludes halogenated alkanes) is 2. The molecular formula is C62H107N3O21.